The predicted octanol–water partition coefficient (Wildman–Crippen LogP) is 3.63. The number of esters is 1. The number of halogens is 1. The van der Waals surface area contributed by atoms with Gasteiger partial charge in [-0.1, -0.05) is 23.7 Å². The molecular formula is C25H28ClN5O5. The van der Waals surface area contributed by atoms with Crippen molar-refractivity contribution in [2.75, 3.05) is 26.1 Å². The van der Waals surface area contributed by atoms with Crippen LogP contribution in [0.15, 0.2) is 36.4 Å². The van der Waals surface area contributed by atoms with E-state index in [1.165, 1.54) is 4.80 Å². The largest absolute Gasteiger partial charge is 0.493 e. The normalized spacial score (nSPS) is 17.1. The quantitative estimate of drug-likeness (QED) is 0.431. The van der Waals surface area contributed by atoms with Gasteiger partial charge in [-0.15, -0.1) is 10.2 Å². The average molecular weight is 514 g/mol. The molecule has 36 heavy (non-hydrogen) atoms. The number of carbonyl (C=O) groups excluding carboxylic acids is 2. The highest BCUT2D eigenvalue weighted by atomic mass is 35.5. The molecule has 1 amide bonds. The van der Waals surface area contributed by atoms with E-state index in [1.54, 1.807) is 33.3 Å². The van der Waals surface area contributed by atoms with Crippen molar-refractivity contribution in [2.24, 2.45) is 5.92 Å². The van der Waals surface area contributed by atoms with Gasteiger partial charge >= 0.3 is 5.97 Å². The number of ether oxygens (including phenoxy) is 3. The van der Waals surface area contributed by atoms with Gasteiger partial charge in [0.25, 0.3) is 0 Å². The van der Waals surface area contributed by atoms with Crippen LogP contribution < -0.4 is 14.8 Å². The molecule has 11 heteroatoms. The minimum absolute atomic E-state index is 0.159. The molecule has 3 aromatic rings. The molecule has 1 aliphatic heterocycles. The zero-order valence-corrected chi connectivity index (χ0v) is 21.1. The first-order chi connectivity index (χ1) is 17.4. The number of para-hydroxylation sites is 1. The maximum absolute atomic E-state index is 13.3. The van der Waals surface area contributed by atoms with E-state index in [0.717, 1.165) is 11.1 Å². The SMILES string of the molecule is CCOC(=O)CCc1nnn(CC2CC(c3cccc(OC)c3OC)c3cc(Cl)ccc3NC2=O)n1. The first-order valence-electron chi connectivity index (χ1n) is 11.7. The Balaban J connectivity index is 1.63. The monoisotopic (exact) mass is 513 g/mol. The summed E-state index contributed by atoms with van der Waals surface area (Å²) in [6.45, 7) is 2.29. The molecule has 4 rings (SSSR count). The lowest BCUT2D eigenvalue weighted by Crippen LogP contribution is -2.27. The number of benzene rings is 2. The molecule has 2 unspecified atom stereocenters. The maximum atomic E-state index is 13.3. The maximum Gasteiger partial charge on any atom is 0.306 e. The molecule has 190 valence electrons. The van der Waals surface area contributed by atoms with Gasteiger partial charge in [-0.25, -0.2) is 0 Å². The average Bonchev–Trinajstić information content (AvgIpc) is 3.28. The van der Waals surface area contributed by atoms with Crippen LogP contribution in [0.25, 0.3) is 0 Å². The Morgan fingerprint density at radius 1 is 1.19 bits per heavy atom. The Labute approximate surface area is 213 Å². The second kappa shape index (κ2) is 11.4. The number of fused-ring (bicyclic) bond motifs is 1. The van der Waals surface area contributed by atoms with E-state index in [0.29, 0.717) is 47.5 Å². The van der Waals surface area contributed by atoms with Gasteiger partial charge in [0.2, 0.25) is 5.91 Å². The standard InChI is InChI=1S/C25H28ClN5O5/c1-4-36-23(32)11-10-22-28-30-31(29-22)14-15-12-18(17-6-5-7-21(34-2)24(17)35-3)19-13-16(26)8-9-20(19)27-25(15)33/h5-9,13,15,18H,4,10-12,14H2,1-3H3,(H,27,33). The fraction of sp³-hybridized carbons (Fsp3) is 0.400. The van der Waals surface area contributed by atoms with Crippen LogP contribution >= 0.6 is 11.6 Å². The Kier molecular flexibility index (Phi) is 8.04. The second-order valence-electron chi connectivity index (χ2n) is 8.35. The van der Waals surface area contributed by atoms with Gasteiger partial charge in [0.15, 0.2) is 17.3 Å². The van der Waals surface area contributed by atoms with Crippen molar-refractivity contribution in [2.45, 2.75) is 38.6 Å². The van der Waals surface area contributed by atoms with Gasteiger partial charge in [-0.2, -0.15) is 4.80 Å². The minimum Gasteiger partial charge on any atom is -0.493 e. The van der Waals surface area contributed by atoms with Crippen molar-refractivity contribution in [1.29, 1.82) is 0 Å². The summed E-state index contributed by atoms with van der Waals surface area (Å²) in [5.74, 6) is 0.436. The fourth-order valence-corrected chi connectivity index (χ4v) is 4.61. The summed E-state index contributed by atoms with van der Waals surface area (Å²) in [7, 11) is 3.18. The molecule has 1 aliphatic rings. The number of amides is 1. The van der Waals surface area contributed by atoms with Crippen LogP contribution in [-0.4, -0.2) is 52.9 Å². The molecule has 1 N–H and O–H groups in total. The molecule has 2 atom stereocenters. The van der Waals surface area contributed by atoms with Gasteiger partial charge in [0.1, 0.15) is 0 Å². The summed E-state index contributed by atoms with van der Waals surface area (Å²) in [4.78, 5) is 26.3. The van der Waals surface area contributed by atoms with Crippen LogP contribution in [0.5, 0.6) is 11.5 Å². The van der Waals surface area contributed by atoms with E-state index in [-0.39, 0.29) is 30.8 Å². The fourth-order valence-electron chi connectivity index (χ4n) is 4.43. The highest BCUT2D eigenvalue weighted by Gasteiger charge is 2.34. The number of carbonyl (C=O) groups is 2. The number of methoxy groups -OCH3 is 2. The topological polar surface area (TPSA) is 117 Å². The Morgan fingerprint density at radius 2 is 2.03 bits per heavy atom. The van der Waals surface area contributed by atoms with Crippen LogP contribution in [0.2, 0.25) is 5.02 Å². The third-order valence-electron chi connectivity index (χ3n) is 6.08. The van der Waals surface area contributed by atoms with Crippen molar-refractivity contribution in [1.82, 2.24) is 20.2 Å². The van der Waals surface area contributed by atoms with E-state index < -0.39 is 5.92 Å². The van der Waals surface area contributed by atoms with Crippen LogP contribution in [0.3, 0.4) is 0 Å². The molecule has 0 saturated carbocycles. The number of hydrogen-bond acceptors (Lipinski definition) is 8. The van der Waals surface area contributed by atoms with Crippen molar-refractivity contribution < 1.29 is 23.8 Å². The number of anilines is 1. The lowest BCUT2D eigenvalue weighted by atomic mass is 9.83. The van der Waals surface area contributed by atoms with E-state index in [1.807, 2.05) is 24.3 Å². The molecule has 0 spiro atoms. The summed E-state index contributed by atoms with van der Waals surface area (Å²) >= 11 is 6.36. The molecule has 0 bridgehead atoms. The number of aromatic nitrogens is 4. The summed E-state index contributed by atoms with van der Waals surface area (Å²) in [6, 6.07) is 11.1. The van der Waals surface area contributed by atoms with Crippen molar-refractivity contribution in [3.8, 4) is 11.5 Å². The first-order valence-corrected chi connectivity index (χ1v) is 12.0. The summed E-state index contributed by atoms with van der Waals surface area (Å²) < 4.78 is 16.2. The molecule has 10 nitrogen and oxygen atoms in total. The number of hydrogen-bond donors (Lipinski definition) is 1. The highest BCUT2D eigenvalue weighted by molar-refractivity contribution is 6.30. The van der Waals surface area contributed by atoms with Crippen LogP contribution in [0.1, 0.15) is 42.6 Å². The lowest BCUT2D eigenvalue weighted by Gasteiger charge is -2.23. The van der Waals surface area contributed by atoms with Gasteiger partial charge in [0.05, 0.1) is 39.7 Å². The van der Waals surface area contributed by atoms with Gasteiger partial charge in [-0.3, -0.25) is 9.59 Å². The first kappa shape index (κ1) is 25.4. The van der Waals surface area contributed by atoms with Crippen molar-refractivity contribution >= 4 is 29.2 Å². The van der Waals surface area contributed by atoms with Crippen LogP contribution in [0.4, 0.5) is 5.69 Å². The number of tetrazole rings is 1. The highest BCUT2D eigenvalue weighted by Crippen LogP contribution is 2.45. The Morgan fingerprint density at radius 3 is 2.78 bits per heavy atom. The zero-order valence-electron chi connectivity index (χ0n) is 20.4. The number of nitrogens with one attached hydrogen (secondary N) is 1. The molecule has 2 heterocycles. The van der Waals surface area contributed by atoms with E-state index in [4.69, 9.17) is 25.8 Å². The second-order valence-corrected chi connectivity index (χ2v) is 8.79. The summed E-state index contributed by atoms with van der Waals surface area (Å²) in [5.41, 5.74) is 2.44. The predicted molar refractivity (Wildman–Crippen MR) is 132 cm³/mol. The number of rotatable bonds is 9. The molecular weight excluding hydrogens is 486 g/mol. The summed E-state index contributed by atoms with van der Waals surface area (Å²) in [6.07, 6.45) is 0.920. The minimum atomic E-state index is -0.482. The van der Waals surface area contributed by atoms with E-state index >= 15 is 0 Å². The Hall–Kier alpha value is -3.66. The smallest absolute Gasteiger partial charge is 0.306 e. The third kappa shape index (κ3) is 5.59. The van der Waals surface area contributed by atoms with Gasteiger partial charge in [0, 0.05) is 28.6 Å². The summed E-state index contributed by atoms with van der Waals surface area (Å²) in [5, 5.41) is 16.1. The van der Waals surface area contributed by atoms with Crippen molar-refractivity contribution in [3.63, 3.8) is 0 Å². The molecule has 0 radical (unpaired) electrons. The molecule has 1 aromatic heterocycles. The van der Waals surface area contributed by atoms with E-state index in [2.05, 4.69) is 20.7 Å². The van der Waals surface area contributed by atoms with Crippen LogP contribution in [-0.2, 0) is 27.3 Å². The number of nitrogens with zero attached hydrogens (tertiary/aromatic N) is 4. The number of aryl methyl sites for hydroxylation is 1. The molecule has 2 aromatic carbocycles. The van der Waals surface area contributed by atoms with Crippen LogP contribution in [0, 0.1) is 5.92 Å². The van der Waals surface area contributed by atoms with E-state index in [9.17, 15) is 9.59 Å². The van der Waals surface area contributed by atoms with Gasteiger partial charge in [-0.05, 0) is 48.4 Å². The van der Waals surface area contributed by atoms with Crippen molar-refractivity contribution in [3.05, 3.63) is 58.4 Å². The molecule has 0 saturated heterocycles. The third-order valence-corrected chi connectivity index (χ3v) is 6.32. The lowest BCUT2D eigenvalue weighted by molar-refractivity contribution is -0.143. The molecule has 0 aliphatic carbocycles. The Bertz CT molecular complexity index is 1250. The molecule has 0 fully saturated rings. The zero-order chi connectivity index (χ0) is 25.7. The van der Waals surface area contributed by atoms with Gasteiger partial charge < -0.3 is 19.5 Å².